The predicted octanol–water partition coefficient (Wildman–Crippen LogP) is -0.0269. The molecule has 1 N–H and O–H groups in total. The molecule has 1 saturated heterocycles. The molecule has 2 atom stereocenters. The summed E-state index contributed by atoms with van der Waals surface area (Å²) in [5.74, 6) is -0.636. The van der Waals surface area contributed by atoms with E-state index >= 15 is 0 Å². The highest BCUT2D eigenvalue weighted by molar-refractivity contribution is 5.76. The van der Waals surface area contributed by atoms with Gasteiger partial charge in [0.2, 0.25) is 0 Å². The van der Waals surface area contributed by atoms with Crippen LogP contribution in [0.1, 0.15) is 6.42 Å². The zero-order chi connectivity index (χ0) is 8.27. The topological polar surface area (TPSA) is 95.3 Å². The molecule has 1 fully saturated rings. The first-order chi connectivity index (χ1) is 5.24. The Bertz CT molecular complexity index is 209. The third-order valence-corrected chi connectivity index (χ3v) is 1.39. The molecule has 0 aromatic carbocycles. The van der Waals surface area contributed by atoms with Crippen LogP contribution in [0.3, 0.4) is 0 Å². The van der Waals surface area contributed by atoms with Gasteiger partial charge in [0, 0.05) is 11.3 Å². The number of cyclic esters (lactones) is 1. The number of hydrogen-bond acceptors (Lipinski definition) is 4. The Hall–Kier alpha value is -1.26. The van der Waals surface area contributed by atoms with Gasteiger partial charge >= 0.3 is 5.97 Å². The van der Waals surface area contributed by atoms with Gasteiger partial charge in [0.1, 0.15) is 6.10 Å². The van der Waals surface area contributed by atoms with E-state index in [1.165, 1.54) is 0 Å². The molecule has 0 aromatic heterocycles. The summed E-state index contributed by atoms with van der Waals surface area (Å²) in [7, 11) is 0. The van der Waals surface area contributed by atoms with Crippen molar-refractivity contribution in [3.05, 3.63) is 10.4 Å². The fourth-order valence-electron chi connectivity index (χ4n) is 0.876. The quantitative estimate of drug-likeness (QED) is 0.264. The van der Waals surface area contributed by atoms with Crippen LogP contribution in [0.25, 0.3) is 10.4 Å². The summed E-state index contributed by atoms with van der Waals surface area (Å²) in [6.07, 6.45) is -1.28. The number of azide groups is 1. The maximum absolute atomic E-state index is 10.5. The summed E-state index contributed by atoms with van der Waals surface area (Å²) in [4.78, 5) is 13.0. The van der Waals surface area contributed by atoms with Crippen LogP contribution in [-0.4, -0.2) is 29.8 Å². The van der Waals surface area contributed by atoms with Crippen molar-refractivity contribution in [1.29, 1.82) is 0 Å². The Labute approximate surface area is 62.4 Å². The minimum Gasteiger partial charge on any atom is -0.460 e. The molecule has 0 unspecified atom stereocenters. The smallest absolute Gasteiger partial charge is 0.335 e. The molecule has 0 radical (unpaired) electrons. The molecular weight excluding hydrogens is 150 g/mol. The lowest BCUT2D eigenvalue weighted by molar-refractivity contribution is -0.147. The van der Waals surface area contributed by atoms with Crippen molar-refractivity contribution in [1.82, 2.24) is 0 Å². The maximum Gasteiger partial charge on any atom is 0.335 e. The lowest BCUT2D eigenvalue weighted by Gasteiger charge is -2.01. The highest BCUT2D eigenvalue weighted by Crippen LogP contribution is 2.14. The van der Waals surface area contributed by atoms with Gasteiger partial charge in [-0.05, 0) is 5.53 Å². The van der Waals surface area contributed by atoms with Crippen LogP contribution in [0.5, 0.6) is 0 Å². The first kappa shape index (κ1) is 7.84. The second-order valence-electron chi connectivity index (χ2n) is 2.22. The van der Waals surface area contributed by atoms with Crippen LogP contribution in [0, 0.1) is 0 Å². The number of rotatable bonds is 2. The molecule has 60 valence electrons. The Balaban J connectivity index is 2.40. The van der Waals surface area contributed by atoms with Crippen molar-refractivity contribution in [2.75, 3.05) is 6.54 Å². The highest BCUT2D eigenvalue weighted by atomic mass is 16.6. The number of esters is 1. The summed E-state index contributed by atoms with van der Waals surface area (Å²) < 4.78 is 4.62. The van der Waals surface area contributed by atoms with E-state index in [9.17, 15) is 4.79 Å². The van der Waals surface area contributed by atoms with E-state index in [2.05, 4.69) is 14.8 Å². The molecule has 0 saturated carbocycles. The van der Waals surface area contributed by atoms with E-state index < -0.39 is 18.2 Å². The van der Waals surface area contributed by atoms with Gasteiger partial charge in [-0.15, -0.1) is 0 Å². The van der Waals surface area contributed by atoms with Crippen molar-refractivity contribution in [2.45, 2.75) is 18.6 Å². The zero-order valence-electron chi connectivity index (χ0n) is 5.67. The Kier molecular flexibility index (Phi) is 2.30. The number of aliphatic hydroxyl groups is 1. The largest absolute Gasteiger partial charge is 0.460 e. The molecule has 1 heterocycles. The minimum atomic E-state index is -1.05. The van der Waals surface area contributed by atoms with Gasteiger partial charge in [-0.1, -0.05) is 5.11 Å². The Morgan fingerprint density at radius 1 is 1.91 bits per heavy atom. The third kappa shape index (κ3) is 1.83. The SMILES string of the molecule is [N-]=[N+]=NC[C@@H]1C[C@H](O)C(=O)O1. The van der Waals surface area contributed by atoms with Crippen molar-refractivity contribution in [3.8, 4) is 0 Å². The standard InChI is InChI=1S/C5H7N3O3/c6-8-7-2-3-1-4(9)5(10)11-3/h3-4,9H,1-2H2/t3-,4-/m0/s1. The van der Waals surface area contributed by atoms with E-state index in [1.807, 2.05) is 0 Å². The summed E-state index contributed by atoms with van der Waals surface area (Å²) in [6, 6.07) is 0. The predicted molar refractivity (Wildman–Crippen MR) is 34.5 cm³/mol. The molecule has 11 heavy (non-hydrogen) atoms. The number of hydrogen-bond donors (Lipinski definition) is 1. The molecule has 6 nitrogen and oxygen atoms in total. The van der Waals surface area contributed by atoms with Crippen LogP contribution in [0.4, 0.5) is 0 Å². The van der Waals surface area contributed by atoms with E-state index in [0.29, 0.717) is 0 Å². The first-order valence-corrected chi connectivity index (χ1v) is 3.13. The third-order valence-electron chi connectivity index (χ3n) is 1.39. The summed E-state index contributed by atoms with van der Waals surface area (Å²) >= 11 is 0. The fourth-order valence-corrected chi connectivity index (χ4v) is 0.876. The molecule has 1 aliphatic rings. The van der Waals surface area contributed by atoms with E-state index in [-0.39, 0.29) is 13.0 Å². The molecule has 0 spiro atoms. The molecular formula is C5H7N3O3. The lowest BCUT2D eigenvalue weighted by Crippen LogP contribution is -2.11. The zero-order valence-corrected chi connectivity index (χ0v) is 5.67. The van der Waals surface area contributed by atoms with Crippen molar-refractivity contribution in [2.24, 2.45) is 5.11 Å². The van der Waals surface area contributed by atoms with Gasteiger partial charge in [-0.2, -0.15) is 0 Å². The van der Waals surface area contributed by atoms with Gasteiger partial charge in [-0.3, -0.25) is 0 Å². The molecule has 0 amide bonds. The monoisotopic (exact) mass is 157 g/mol. The normalized spacial score (nSPS) is 29.4. The summed E-state index contributed by atoms with van der Waals surface area (Å²) in [6.45, 7) is 0.0965. The molecule has 0 bridgehead atoms. The number of aliphatic hydroxyl groups excluding tert-OH is 1. The molecule has 6 heteroatoms. The number of carbonyl (C=O) groups excluding carboxylic acids is 1. The van der Waals surface area contributed by atoms with Crippen molar-refractivity contribution in [3.63, 3.8) is 0 Å². The van der Waals surface area contributed by atoms with Crippen molar-refractivity contribution >= 4 is 5.97 Å². The molecule has 1 rings (SSSR count). The van der Waals surface area contributed by atoms with E-state index in [4.69, 9.17) is 10.6 Å². The summed E-state index contributed by atoms with van der Waals surface area (Å²) in [5.41, 5.74) is 7.91. The fraction of sp³-hybridized carbons (Fsp3) is 0.800. The average molecular weight is 157 g/mol. The number of ether oxygens (including phenoxy) is 1. The van der Waals surface area contributed by atoms with Gasteiger partial charge < -0.3 is 9.84 Å². The molecule has 1 aliphatic heterocycles. The van der Waals surface area contributed by atoms with Crippen LogP contribution in [-0.2, 0) is 9.53 Å². The van der Waals surface area contributed by atoms with E-state index in [1.54, 1.807) is 0 Å². The molecule has 0 aromatic rings. The van der Waals surface area contributed by atoms with Crippen LogP contribution in [0.2, 0.25) is 0 Å². The Morgan fingerprint density at radius 2 is 2.64 bits per heavy atom. The Morgan fingerprint density at radius 3 is 3.09 bits per heavy atom. The van der Waals surface area contributed by atoms with Gasteiger partial charge in [0.25, 0.3) is 0 Å². The van der Waals surface area contributed by atoms with Crippen LogP contribution in [0.15, 0.2) is 5.11 Å². The number of nitrogens with zero attached hydrogens (tertiary/aromatic N) is 3. The van der Waals surface area contributed by atoms with Gasteiger partial charge in [0.15, 0.2) is 6.10 Å². The average Bonchev–Trinajstić information content (AvgIpc) is 2.28. The second kappa shape index (κ2) is 3.23. The maximum atomic E-state index is 10.5. The molecule has 0 aliphatic carbocycles. The minimum absolute atomic E-state index is 0.0965. The van der Waals surface area contributed by atoms with E-state index in [0.717, 1.165) is 0 Å². The second-order valence-corrected chi connectivity index (χ2v) is 2.22. The lowest BCUT2D eigenvalue weighted by atomic mass is 10.2. The van der Waals surface area contributed by atoms with Gasteiger partial charge in [0.05, 0.1) is 6.54 Å². The first-order valence-electron chi connectivity index (χ1n) is 3.13. The van der Waals surface area contributed by atoms with Crippen LogP contribution < -0.4 is 0 Å². The highest BCUT2D eigenvalue weighted by Gasteiger charge is 2.31. The van der Waals surface area contributed by atoms with Crippen LogP contribution >= 0.6 is 0 Å². The van der Waals surface area contributed by atoms with Crippen molar-refractivity contribution < 1.29 is 14.6 Å². The number of carbonyl (C=O) groups is 1. The summed E-state index contributed by atoms with van der Waals surface area (Å²) in [5, 5.41) is 12.1. The van der Waals surface area contributed by atoms with Gasteiger partial charge in [-0.25, -0.2) is 4.79 Å².